The molecule has 2 unspecified atom stereocenters. The van der Waals surface area contributed by atoms with Crippen molar-refractivity contribution in [1.82, 2.24) is 9.97 Å². The minimum atomic E-state index is -3.91. The zero-order valence-electron chi connectivity index (χ0n) is 22.9. The van der Waals surface area contributed by atoms with E-state index in [0.29, 0.717) is 11.6 Å². The number of nitrogens with zero attached hydrogens (tertiary/aromatic N) is 2. The average molecular weight is 540 g/mol. The maximum absolute atomic E-state index is 13.5. The standard InChI is InChI=1S/C32H33N3O3S/c1-19-8-6-9-20(2)30(19)27-18-29-34-31(33-27)35-39(36,37)25-11-7-10-21(16-25)22-14-23-15-24(32(3,4)5)12-13-26(23)28(17-22)38-29/h6-13,15-16,18,22,28H,14,17H2,1-5H3,(H,33,34,35). The highest BCUT2D eigenvalue weighted by molar-refractivity contribution is 7.92. The summed E-state index contributed by atoms with van der Waals surface area (Å²) in [6.45, 7) is 10.7. The molecule has 6 bridgehead atoms. The first-order chi connectivity index (χ1) is 18.5. The summed E-state index contributed by atoms with van der Waals surface area (Å²) >= 11 is 0. The van der Waals surface area contributed by atoms with E-state index in [9.17, 15) is 8.42 Å². The minimum absolute atomic E-state index is 0.00760. The molecule has 2 aliphatic rings. The number of hydrogen-bond acceptors (Lipinski definition) is 5. The van der Waals surface area contributed by atoms with Crippen LogP contribution in [0.25, 0.3) is 11.3 Å². The second kappa shape index (κ2) is 9.19. The summed E-state index contributed by atoms with van der Waals surface area (Å²) in [5.74, 6) is 0.444. The molecule has 6 rings (SSSR count). The Morgan fingerprint density at radius 3 is 2.41 bits per heavy atom. The zero-order chi connectivity index (χ0) is 27.5. The summed E-state index contributed by atoms with van der Waals surface area (Å²) in [5.41, 5.74) is 8.30. The normalized spacial score (nSPS) is 19.5. The lowest BCUT2D eigenvalue weighted by Crippen LogP contribution is -2.24. The summed E-state index contributed by atoms with van der Waals surface area (Å²) in [6, 6.07) is 21.8. The molecule has 1 aliphatic heterocycles. The lowest BCUT2D eigenvalue weighted by Gasteiger charge is -2.34. The highest BCUT2D eigenvalue weighted by Crippen LogP contribution is 2.43. The predicted octanol–water partition coefficient (Wildman–Crippen LogP) is 7.02. The molecule has 1 N–H and O–H groups in total. The Morgan fingerprint density at radius 2 is 1.67 bits per heavy atom. The van der Waals surface area contributed by atoms with Gasteiger partial charge in [-0.05, 0) is 83.5 Å². The molecule has 0 spiro atoms. The van der Waals surface area contributed by atoms with E-state index in [1.165, 1.54) is 11.1 Å². The summed E-state index contributed by atoms with van der Waals surface area (Å²) in [4.78, 5) is 9.38. The molecule has 2 atom stereocenters. The molecule has 6 nitrogen and oxygen atoms in total. The Labute approximate surface area is 230 Å². The van der Waals surface area contributed by atoms with Crippen LogP contribution in [0.15, 0.2) is 71.6 Å². The van der Waals surface area contributed by atoms with Crippen LogP contribution in [0.1, 0.15) is 72.6 Å². The van der Waals surface area contributed by atoms with Crippen LogP contribution >= 0.6 is 0 Å². The van der Waals surface area contributed by atoms with Gasteiger partial charge in [0.1, 0.15) is 6.10 Å². The van der Waals surface area contributed by atoms with Crippen molar-refractivity contribution >= 4 is 16.0 Å². The lowest BCUT2D eigenvalue weighted by molar-refractivity contribution is 0.166. The van der Waals surface area contributed by atoms with E-state index in [2.05, 4.69) is 53.7 Å². The number of aryl methyl sites for hydroxylation is 2. The van der Waals surface area contributed by atoms with E-state index >= 15 is 0 Å². The molecule has 4 aromatic rings. The van der Waals surface area contributed by atoms with Crippen molar-refractivity contribution in [2.75, 3.05) is 4.72 Å². The molecule has 0 saturated heterocycles. The van der Waals surface area contributed by atoms with Gasteiger partial charge in [0.25, 0.3) is 10.0 Å². The minimum Gasteiger partial charge on any atom is -0.469 e. The molecule has 0 saturated carbocycles. The molecule has 2 heterocycles. The third-order valence-corrected chi connectivity index (χ3v) is 9.21. The first kappa shape index (κ1) is 25.6. The SMILES string of the molecule is Cc1cccc(C)c1-c1cc2nc(n1)NS(=O)(=O)c1cccc(c1)C1Cc3cc(C(C)(C)C)ccc3C(C1)O2. The summed E-state index contributed by atoms with van der Waals surface area (Å²) in [7, 11) is -3.91. The van der Waals surface area contributed by atoms with Gasteiger partial charge in [-0.1, -0.05) is 69.3 Å². The van der Waals surface area contributed by atoms with Crippen molar-refractivity contribution in [1.29, 1.82) is 0 Å². The number of rotatable bonds is 1. The van der Waals surface area contributed by atoms with E-state index in [1.54, 1.807) is 12.1 Å². The van der Waals surface area contributed by atoms with Crippen LogP contribution in [-0.2, 0) is 21.9 Å². The van der Waals surface area contributed by atoms with Gasteiger partial charge in [-0.15, -0.1) is 0 Å². The Hall–Kier alpha value is -3.71. The predicted molar refractivity (Wildman–Crippen MR) is 154 cm³/mol. The number of anilines is 1. The van der Waals surface area contributed by atoms with Crippen molar-refractivity contribution in [2.45, 2.75) is 69.8 Å². The molecule has 200 valence electrons. The second-order valence-corrected chi connectivity index (χ2v) is 13.4. The first-order valence-electron chi connectivity index (χ1n) is 13.4. The number of sulfonamides is 1. The van der Waals surface area contributed by atoms with Crippen LogP contribution in [0, 0.1) is 13.8 Å². The fourth-order valence-electron chi connectivity index (χ4n) is 5.80. The summed E-state index contributed by atoms with van der Waals surface area (Å²) in [6.07, 6.45) is 1.30. The quantitative estimate of drug-likeness (QED) is 0.281. The number of ether oxygens (including phenoxy) is 1. The molecule has 0 radical (unpaired) electrons. The zero-order valence-corrected chi connectivity index (χ0v) is 23.8. The van der Waals surface area contributed by atoms with Crippen molar-refractivity contribution < 1.29 is 13.2 Å². The number of fused-ring (bicyclic) bond motifs is 9. The smallest absolute Gasteiger partial charge is 0.264 e. The molecule has 1 aromatic heterocycles. The number of hydrogen-bond donors (Lipinski definition) is 1. The molecule has 3 aromatic carbocycles. The van der Waals surface area contributed by atoms with Gasteiger partial charge < -0.3 is 4.74 Å². The molecular formula is C32H33N3O3S. The Balaban J connectivity index is 1.56. The van der Waals surface area contributed by atoms with Crippen LogP contribution in [-0.4, -0.2) is 18.4 Å². The molecule has 0 fully saturated rings. The van der Waals surface area contributed by atoms with Crippen molar-refractivity contribution in [3.8, 4) is 17.1 Å². The maximum Gasteiger partial charge on any atom is 0.264 e. The largest absolute Gasteiger partial charge is 0.469 e. The van der Waals surface area contributed by atoms with Gasteiger partial charge in [0.05, 0.1) is 10.6 Å². The van der Waals surface area contributed by atoms with Gasteiger partial charge in [-0.2, -0.15) is 4.98 Å². The van der Waals surface area contributed by atoms with Gasteiger partial charge in [-0.3, -0.25) is 0 Å². The van der Waals surface area contributed by atoms with E-state index < -0.39 is 10.0 Å². The molecule has 7 heteroatoms. The maximum atomic E-state index is 13.5. The van der Waals surface area contributed by atoms with Crippen LogP contribution in [0.4, 0.5) is 5.95 Å². The third kappa shape index (κ3) is 4.80. The van der Waals surface area contributed by atoms with Crippen molar-refractivity contribution in [2.24, 2.45) is 0 Å². The van der Waals surface area contributed by atoms with E-state index in [0.717, 1.165) is 40.7 Å². The first-order valence-corrected chi connectivity index (χ1v) is 14.8. The topological polar surface area (TPSA) is 81.2 Å². The van der Waals surface area contributed by atoms with Crippen LogP contribution < -0.4 is 9.46 Å². The second-order valence-electron chi connectivity index (χ2n) is 11.8. The lowest BCUT2D eigenvalue weighted by atomic mass is 9.76. The van der Waals surface area contributed by atoms with E-state index in [1.807, 2.05) is 50.2 Å². The molecular weight excluding hydrogens is 506 g/mol. The molecule has 0 amide bonds. The van der Waals surface area contributed by atoms with Crippen LogP contribution in [0.5, 0.6) is 5.88 Å². The van der Waals surface area contributed by atoms with Gasteiger partial charge in [0.15, 0.2) is 0 Å². The van der Waals surface area contributed by atoms with Gasteiger partial charge in [0, 0.05) is 11.6 Å². The Bertz CT molecular complexity index is 1690. The van der Waals surface area contributed by atoms with Gasteiger partial charge in [-0.25, -0.2) is 18.1 Å². The van der Waals surface area contributed by atoms with Gasteiger partial charge in [0.2, 0.25) is 11.8 Å². The number of benzene rings is 3. The monoisotopic (exact) mass is 539 g/mol. The third-order valence-electron chi connectivity index (χ3n) is 7.89. The van der Waals surface area contributed by atoms with Crippen molar-refractivity contribution in [3.05, 3.63) is 100 Å². The number of aromatic nitrogens is 2. The van der Waals surface area contributed by atoms with E-state index in [4.69, 9.17) is 4.74 Å². The molecule has 1 aliphatic carbocycles. The highest BCUT2D eigenvalue weighted by Gasteiger charge is 2.32. The Morgan fingerprint density at radius 1 is 0.923 bits per heavy atom. The summed E-state index contributed by atoms with van der Waals surface area (Å²) < 4.78 is 36.2. The average Bonchev–Trinajstić information content (AvgIpc) is 2.87. The molecule has 39 heavy (non-hydrogen) atoms. The van der Waals surface area contributed by atoms with E-state index in [-0.39, 0.29) is 28.3 Å². The van der Waals surface area contributed by atoms with Crippen LogP contribution in [0.2, 0.25) is 0 Å². The highest BCUT2D eigenvalue weighted by atomic mass is 32.2. The Kier molecular flexibility index (Phi) is 6.03. The fourth-order valence-corrected chi connectivity index (χ4v) is 6.80. The fraction of sp³-hybridized carbons (Fsp3) is 0.312. The number of nitrogens with one attached hydrogen (secondary N) is 1. The van der Waals surface area contributed by atoms with Crippen LogP contribution in [0.3, 0.4) is 0 Å². The summed E-state index contributed by atoms with van der Waals surface area (Å²) in [5, 5.41) is 0. The van der Waals surface area contributed by atoms with Crippen molar-refractivity contribution in [3.63, 3.8) is 0 Å². The van der Waals surface area contributed by atoms with Gasteiger partial charge >= 0.3 is 0 Å².